The van der Waals surface area contributed by atoms with Crippen molar-refractivity contribution in [1.82, 2.24) is 24.5 Å². The number of carbonyl (C=O) groups is 2. The number of nitrogen functional groups attached to an aromatic ring is 1. The number of hydrogen-bond acceptors (Lipinski definition) is 5. The van der Waals surface area contributed by atoms with Gasteiger partial charge in [0.1, 0.15) is 17.1 Å². The smallest absolute Gasteiger partial charge is 0.383 e. The number of alkyl halides is 3. The molecule has 1 aliphatic heterocycles. The second-order valence-corrected chi connectivity index (χ2v) is 9.92. The summed E-state index contributed by atoms with van der Waals surface area (Å²) in [5, 5.41) is 9.29. The molecule has 40 heavy (non-hydrogen) atoms. The van der Waals surface area contributed by atoms with Crippen molar-refractivity contribution in [1.29, 1.82) is 0 Å². The van der Waals surface area contributed by atoms with Gasteiger partial charge in [0.05, 0.1) is 23.8 Å². The zero-order valence-corrected chi connectivity index (χ0v) is 22.7. The third-order valence-electron chi connectivity index (χ3n) is 7.19. The lowest BCUT2D eigenvalue weighted by Crippen LogP contribution is -2.34. The SMILES string of the molecule is CC#CC(=O)N1CCCC(n2nc(-c3c(C)nn(Cc4cccc(C(F)(F)F)c4)c3C)c(C(N)=O)c2N)CCC1. The van der Waals surface area contributed by atoms with Gasteiger partial charge >= 0.3 is 6.18 Å². The first kappa shape index (κ1) is 28.7. The highest BCUT2D eigenvalue weighted by atomic mass is 19.4. The Balaban J connectivity index is 1.65. The highest BCUT2D eigenvalue weighted by Gasteiger charge is 2.31. The van der Waals surface area contributed by atoms with Gasteiger partial charge < -0.3 is 16.4 Å². The van der Waals surface area contributed by atoms with Crippen LogP contribution >= 0.6 is 0 Å². The molecule has 212 valence electrons. The van der Waals surface area contributed by atoms with Gasteiger partial charge in [-0.15, -0.1) is 0 Å². The standard InChI is InChI=1S/C28H32F3N7O2/c1-4-8-22(39)36-13-6-11-21(12-7-14-36)38-26(32)24(27(33)40)25(35-38)23-17(2)34-37(18(23)3)16-19-9-5-10-20(15-19)28(29,30)31/h5,9-10,15,21H,6-7,11-14,16,32H2,1-3H3,(H2,33,40). The maximum Gasteiger partial charge on any atom is 0.416 e. The van der Waals surface area contributed by atoms with Gasteiger partial charge in [-0.2, -0.15) is 23.4 Å². The van der Waals surface area contributed by atoms with E-state index >= 15 is 0 Å². The molecule has 0 radical (unpaired) electrons. The highest BCUT2D eigenvalue weighted by molar-refractivity contribution is 6.03. The number of benzene rings is 1. The van der Waals surface area contributed by atoms with Crippen LogP contribution in [0.3, 0.4) is 0 Å². The Labute approximate surface area is 230 Å². The summed E-state index contributed by atoms with van der Waals surface area (Å²) in [5.41, 5.74) is 14.0. The van der Waals surface area contributed by atoms with Gasteiger partial charge in [-0.3, -0.25) is 14.3 Å². The maximum atomic E-state index is 13.2. The van der Waals surface area contributed by atoms with Crippen molar-refractivity contribution in [3.8, 4) is 23.1 Å². The third-order valence-corrected chi connectivity index (χ3v) is 7.19. The van der Waals surface area contributed by atoms with Crippen LogP contribution in [0.5, 0.6) is 0 Å². The number of nitrogens with zero attached hydrogens (tertiary/aromatic N) is 5. The van der Waals surface area contributed by atoms with Gasteiger partial charge in [-0.05, 0) is 70.1 Å². The number of primary amides is 1. The minimum Gasteiger partial charge on any atom is -0.383 e. The van der Waals surface area contributed by atoms with Crippen LogP contribution in [-0.4, -0.2) is 49.4 Å². The molecule has 0 unspecified atom stereocenters. The number of rotatable bonds is 5. The molecule has 0 saturated carbocycles. The Bertz CT molecular complexity index is 1480. The number of halogens is 3. The number of amides is 2. The van der Waals surface area contributed by atoms with Gasteiger partial charge in [0.15, 0.2) is 0 Å². The van der Waals surface area contributed by atoms with Gasteiger partial charge in [-0.1, -0.05) is 18.1 Å². The van der Waals surface area contributed by atoms with E-state index in [-0.39, 0.29) is 29.9 Å². The fraction of sp³-hybridized carbons (Fsp3) is 0.429. The average molecular weight is 556 g/mol. The summed E-state index contributed by atoms with van der Waals surface area (Å²) in [7, 11) is 0. The molecule has 0 aliphatic carbocycles. The molecule has 12 heteroatoms. The molecule has 1 fully saturated rings. The van der Waals surface area contributed by atoms with Crippen molar-refractivity contribution in [2.24, 2.45) is 5.73 Å². The van der Waals surface area contributed by atoms with E-state index < -0.39 is 17.6 Å². The van der Waals surface area contributed by atoms with Crippen LogP contribution in [0, 0.1) is 25.7 Å². The number of carbonyl (C=O) groups excluding carboxylic acids is 2. The summed E-state index contributed by atoms with van der Waals surface area (Å²) in [6, 6.07) is 4.97. The Morgan fingerprint density at radius 3 is 2.40 bits per heavy atom. The molecule has 0 spiro atoms. The highest BCUT2D eigenvalue weighted by Crippen LogP contribution is 2.36. The van der Waals surface area contributed by atoms with Crippen LogP contribution < -0.4 is 11.5 Å². The molecule has 1 aliphatic rings. The second kappa shape index (κ2) is 11.5. The van der Waals surface area contributed by atoms with Crippen LogP contribution in [0.15, 0.2) is 24.3 Å². The van der Waals surface area contributed by atoms with Crippen molar-refractivity contribution < 1.29 is 22.8 Å². The second-order valence-electron chi connectivity index (χ2n) is 9.92. The Kier molecular flexibility index (Phi) is 8.23. The van der Waals surface area contributed by atoms with E-state index in [4.69, 9.17) is 16.6 Å². The topological polar surface area (TPSA) is 125 Å². The van der Waals surface area contributed by atoms with E-state index in [1.807, 2.05) is 0 Å². The lowest BCUT2D eigenvalue weighted by Gasteiger charge is -2.27. The molecule has 2 amide bonds. The first-order valence-corrected chi connectivity index (χ1v) is 13.0. The number of anilines is 1. The largest absolute Gasteiger partial charge is 0.416 e. The van der Waals surface area contributed by atoms with Crippen LogP contribution in [-0.2, 0) is 17.5 Å². The summed E-state index contributed by atoms with van der Waals surface area (Å²) >= 11 is 0. The summed E-state index contributed by atoms with van der Waals surface area (Å²) in [6.45, 7) is 6.35. The summed E-state index contributed by atoms with van der Waals surface area (Å²) in [4.78, 5) is 26.5. The molecule has 0 atom stereocenters. The summed E-state index contributed by atoms with van der Waals surface area (Å²) in [5.74, 6) is 4.46. The molecule has 0 bridgehead atoms. The fourth-order valence-corrected chi connectivity index (χ4v) is 5.28. The van der Waals surface area contributed by atoms with E-state index in [1.54, 1.807) is 41.1 Å². The third kappa shape index (κ3) is 5.83. The number of hydrogen-bond donors (Lipinski definition) is 2. The van der Waals surface area contributed by atoms with Crippen molar-refractivity contribution in [3.05, 3.63) is 52.3 Å². The molecule has 4 N–H and O–H groups in total. The lowest BCUT2D eigenvalue weighted by atomic mass is 10.0. The monoisotopic (exact) mass is 555 g/mol. The fourth-order valence-electron chi connectivity index (χ4n) is 5.28. The molecule has 1 aromatic carbocycles. The molecule has 9 nitrogen and oxygen atoms in total. The van der Waals surface area contributed by atoms with Crippen molar-refractivity contribution >= 4 is 17.6 Å². The van der Waals surface area contributed by atoms with Crippen molar-refractivity contribution in [3.63, 3.8) is 0 Å². The van der Waals surface area contributed by atoms with Crippen LogP contribution in [0.25, 0.3) is 11.3 Å². The first-order valence-electron chi connectivity index (χ1n) is 13.0. The predicted octanol–water partition coefficient (Wildman–Crippen LogP) is 4.08. The zero-order valence-electron chi connectivity index (χ0n) is 22.7. The predicted molar refractivity (Wildman–Crippen MR) is 144 cm³/mol. The minimum atomic E-state index is -4.45. The van der Waals surface area contributed by atoms with Gasteiger partial charge in [0.2, 0.25) is 0 Å². The maximum absolute atomic E-state index is 13.2. The first-order chi connectivity index (χ1) is 18.9. The van der Waals surface area contributed by atoms with Gasteiger partial charge in [0.25, 0.3) is 11.8 Å². The summed E-state index contributed by atoms with van der Waals surface area (Å²) < 4.78 is 42.9. The van der Waals surface area contributed by atoms with Gasteiger partial charge in [-0.25, -0.2) is 4.68 Å². The minimum absolute atomic E-state index is 0.0851. The molecule has 2 aromatic heterocycles. The Hall–Kier alpha value is -4.27. The molecule has 3 heterocycles. The van der Waals surface area contributed by atoms with E-state index in [1.165, 1.54) is 6.07 Å². The average Bonchev–Trinajstić information content (AvgIpc) is 3.33. The van der Waals surface area contributed by atoms with Crippen LogP contribution in [0.2, 0.25) is 0 Å². The van der Waals surface area contributed by atoms with E-state index in [9.17, 15) is 22.8 Å². The zero-order chi connectivity index (χ0) is 29.2. The molecule has 1 saturated heterocycles. The normalized spacial score (nSPS) is 14.8. The lowest BCUT2D eigenvalue weighted by molar-refractivity contribution is -0.137. The van der Waals surface area contributed by atoms with Crippen molar-refractivity contribution in [2.45, 2.75) is 65.2 Å². The van der Waals surface area contributed by atoms with E-state index in [2.05, 4.69) is 16.9 Å². The molecular weight excluding hydrogens is 523 g/mol. The molecule has 4 rings (SSSR count). The Morgan fingerprint density at radius 2 is 1.80 bits per heavy atom. The van der Waals surface area contributed by atoms with Crippen LogP contribution in [0.4, 0.5) is 19.0 Å². The number of aryl methyl sites for hydroxylation is 1. The molecule has 3 aromatic rings. The van der Waals surface area contributed by atoms with E-state index in [0.717, 1.165) is 12.1 Å². The summed E-state index contributed by atoms with van der Waals surface area (Å²) in [6.07, 6.45) is -1.69. The Morgan fingerprint density at radius 1 is 1.12 bits per heavy atom. The number of nitrogens with two attached hydrogens (primary N) is 2. The quantitative estimate of drug-likeness (QED) is 0.459. The van der Waals surface area contributed by atoms with Gasteiger partial charge in [0, 0.05) is 24.3 Å². The van der Waals surface area contributed by atoms with E-state index in [0.29, 0.717) is 67.0 Å². The van der Waals surface area contributed by atoms with Crippen molar-refractivity contribution in [2.75, 3.05) is 18.8 Å². The van der Waals surface area contributed by atoms with Crippen LogP contribution in [0.1, 0.15) is 71.5 Å². The molecular formula is C28H32F3N7O2. The number of likely N-dealkylation sites (tertiary alicyclic amines) is 1. The number of aromatic nitrogens is 4.